The highest BCUT2D eigenvalue weighted by Gasteiger charge is 2.14. The average molecular weight is 311 g/mol. The summed E-state index contributed by atoms with van der Waals surface area (Å²) >= 11 is 11.8. The van der Waals surface area contributed by atoms with Crippen LogP contribution < -0.4 is 0 Å². The Morgan fingerprint density at radius 1 is 1.33 bits per heavy atom. The summed E-state index contributed by atoms with van der Waals surface area (Å²) in [6.45, 7) is 1.61. The van der Waals surface area contributed by atoms with Crippen molar-refractivity contribution in [3.05, 3.63) is 33.8 Å². The van der Waals surface area contributed by atoms with E-state index in [1.54, 1.807) is 25.1 Å². The van der Waals surface area contributed by atoms with Gasteiger partial charge in [-0.1, -0.05) is 30.1 Å². The Labute approximate surface area is 118 Å². The molecule has 0 saturated carbocycles. The van der Waals surface area contributed by atoms with Crippen molar-refractivity contribution in [3.63, 3.8) is 0 Å². The summed E-state index contributed by atoms with van der Waals surface area (Å²) < 4.78 is 22.6. The molecule has 0 radical (unpaired) electrons. The standard InChI is InChI=1S/C12H16Cl2O3S/c1-2-18(16,17)7-3-4-12(15)10-8-9(13)5-6-11(10)14/h5-6,8,12,15H,2-4,7H2,1H3. The number of halogens is 2. The topological polar surface area (TPSA) is 54.4 Å². The number of sulfone groups is 1. The number of benzene rings is 1. The van der Waals surface area contributed by atoms with Gasteiger partial charge in [-0.05, 0) is 31.0 Å². The van der Waals surface area contributed by atoms with Crippen LogP contribution >= 0.6 is 23.2 Å². The van der Waals surface area contributed by atoms with Crippen molar-refractivity contribution in [1.29, 1.82) is 0 Å². The van der Waals surface area contributed by atoms with E-state index in [0.717, 1.165) is 0 Å². The predicted molar refractivity (Wildman–Crippen MR) is 75.0 cm³/mol. The van der Waals surface area contributed by atoms with Crippen molar-refractivity contribution in [2.45, 2.75) is 25.9 Å². The van der Waals surface area contributed by atoms with Crippen LogP contribution in [0.5, 0.6) is 0 Å². The molecule has 0 aromatic heterocycles. The molecule has 0 spiro atoms. The molecule has 0 aliphatic carbocycles. The molecule has 0 fully saturated rings. The first-order valence-electron chi connectivity index (χ1n) is 5.69. The van der Waals surface area contributed by atoms with E-state index in [-0.39, 0.29) is 11.5 Å². The van der Waals surface area contributed by atoms with Gasteiger partial charge in [0, 0.05) is 21.4 Å². The minimum Gasteiger partial charge on any atom is -0.388 e. The summed E-state index contributed by atoms with van der Waals surface area (Å²) in [5, 5.41) is 10.9. The smallest absolute Gasteiger partial charge is 0.150 e. The number of aliphatic hydroxyl groups is 1. The van der Waals surface area contributed by atoms with Gasteiger partial charge in [-0.25, -0.2) is 8.42 Å². The molecule has 1 aromatic carbocycles. The largest absolute Gasteiger partial charge is 0.388 e. The Bertz CT molecular complexity index is 500. The van der Waals surface area contributed by atoms with Gasteiger partial charge in [-0.3, -0.25) is 0 Å². The molecule has 0 aliphatic heterocycles. The van der Waals surface area contributed by atoms with Crippen molar-refractivity contribution in [1.82, 2.24) is 0 Å². The van der Waals surface area contributed by atoms with Crippen LogP contribution in [0.2, 0.25) is 10.0 Å². The van der Waals surface area contributed by atoms with Crippen LogP contribution in [0.3, 0.4) is 0 Å². The molecule has 0 saturated heterocycles. The summed E-state index contributed by atoms with van der Waals surface area (Å²) in [6, 6.07) is 4.86. The van der Waals surface area contributed by atoms with E-state index in [1.807, 2.05) is 0 Å². The number of hydrogen-bond acceptors (Lipinski definition) is 3. The summed E-state index contributed by atoms with van der Waals surface area (Å²) in [7, 11) is -2.99. The highest BCUT2D eigenvalue weighted by molar-refractivity contribution is 7.91. The van der Waals surface area contributed by atoms with Gasteiger partial charge in [0.2, 0.25) is 0 Å². The zero-order valence-electron chi connectivity index (χ0n) is 10.1. The van der Waals surface area contributed by atoms with Crippen LogP contribution in [0, 0.1) is 0 Å². The lowest BCUT2D eigenvalue weighted by atomic mass is 10.1. The maximum absolute atomic E-state index is 11.3. The lowest BCUT2D eigenvalue weighted by Crippen LogP contribution is -2.10. The number of aliphatic hydroxyl groups excluding tert-OH is 1. The lowest BCUT2D eigenvalue weighted by Gasteiger charge is -2.13. The van der Waals surface area contributed by atoms with E-state index < -0.39 is 15.9 Å². The molecular weight excluding hydrogens is 295 g/mol. The van der Waals surface area contributed by atoms with Gasteiger partial charge in [0.1, 0.15) is 9.84 Å². The summed E-state index contributed by atoms with van der Waals surface area (Å²) in [6.07, 6.45) is -0.0392. The van der Waals surface area contributed by atoms with Crippen molar-refractivity contribution >= 4 is 33.0 Å². The summed E-state index contributed by atoms with van der Waals surface area (Å²) in [5.41, 5.74) is 0.540. The van der Waals surface area contributed by atoms with Gasteiger partial charge < -0.3 is 5.11 Å². The van der Waals surface area contributed by atoms with Crippen LogP contribution in [-0.4, -0.2) is 25.0 Å². The Balaban J connectivity index is 2.61. The van der Waals surface area contributed by atoms with Gasteiger partial charge in [0.25, 0.3) is 0 Å². The Kier molecular flexibility index (Phi) is 5.92. The van der Waals surface area contributed by atoms with Gasteiger partial charge >= 0.3 is 0 Å². The maximum atomic E-state index is 11.3. The van der Waals surface area contributed by atoms with Crippen molar-refractivity contribution < 1.29 is 13.5 Å². The normalized spacial score (nSPS) is 13.6. The molecule has 0 bridgehead atoms. The van der Waals surface area contributed by atoms with Gasteiger partial charge in [0.05, 0.1) is 11.9 Å². The van der Waals surface area contributed by atoms with E-state index >= 15 is 0 Å². The molecule has 1 atom stereocenters. The first-order chi connectivity index (χ1) is 8.35. The van der Waals surface area contributed by atoms with Crippen molar-refractivity contribution in [3.8, 4) is 0 Å². The van der Waals surface area contributed by atoms with Crippen LogP contribution in [0.4, 0.5) is 0 Å². The Morgan fingerprint density at radius 3 is 2.61 bits per heavy atom. The fraction of sp³-hybridized carbons (Fsp3) is 0.500. The molecular formula is C12H16Cl2O3S. The predicted octanol–water partition coefficient (Wildman–Crippen LogP) is 3.24. The van der Waals surface area contributed by atoms with Crippen LogP contribution in [0.15, 0.2) is 18.2 Å². The second kappa shape index (κ2) is 6.75. The molecule has 18 heavy (non-hydrogen) atoms. The van der Waals surface area contributed by atoms with E-state index in [4.69, 9.17) is 23.2 Å². The molecule has 102 valence electrons. The second-order valence-electron chi connectivity index (χ2n) is 4.06. The highest BCUT2D eigenvalue weighted by atomic mass is 35.5. The summed E-state index contributed by atoms with van der Waals surface area (Å²) in [4.78, 5) is 0. The van der Waals surface area contributed by atoms with Gasteiger partial charge in [0.15, 0.2) is 0 Å². The monoisotopic (exact) mass is 310 g/mol. The molecule has 1 N–H and O–H groups in total. The SMILES string of the molecule is CCS(=O)(=O)CCCC(O)c1cc(Cl)ccc1Cl. The van der Waals surface area contributed by atoms with Crippen LogP contribution in [0.1, 0.15) is 31.4 Å². The average Bonchev–Trinajstić information content (AvgIpc) is 2.32. The highest BCUT2D eigenvalue weighted by Crippen LogP contribution is 2.28. The third kappa shape index (κ3) is 4.76. The van der Waals surface area contributed by atoms with Gasteiger partial charge in [-0.15, -0.1) is 0 Å². The number of rotatable bonds is 6. The fourth-order valence-electron chi connectivity index (χ4n) is 1.57. The zero-order chi connectivity index (χ0) is 13.8. The van der Waals surface area contributed by atoms with Crippen LogP contribution in [0.25, 0.3) is 0 Å². The van der Waals surface area contributed by atoms with E-state index in [2.05, 4.69) is 0 Å². The second-order valence-corrected chi connectivity index (χ2v) is 7.38. The van der Waals surface area contributed by atoms with E-state index in [9.17, 15) is 13.5 Å². The molecule has 1 rings (SSSR count). The quantitative estimate of drug-likeness (QED) is 0.877. The fourth-order valence-corrected chi connectivity index (χ4v) is 2.89. The minimum absolute atomic E-state index is 0.0821. The van der Waals surface area contributed by atoms with Crippen LogP contribution in [-0.2, 0) is 9.84 Å². The maximum Gasteiger partial charge on any atom is 0.150 e. The zero-order valence-corrected chi connectivity index (χ0v) is 12.4. The molecule has 0 amide bonds. The Hall–Kier alpha value is -0.290. The third-order valence-corrected chi connectivity index (χ3v) is 5.06. The summed E-state index contributed by atoms with van der Waals surface area (Å²) in [5.74, 6) is 0.208. The Morgan fingerprint density at radius 2 is 2.00 bits per heavy atom. The van der Waals surface area contributed by atoms with Gasteiger partial charge in [-0.2, -0.15) is 0 Å². The van der Waals surface area contributed by atoms with Crippen molar-refractivity contribution in [2.24, 2.45) is 0 Å². The third-order valence-electron chi connectivity index (χ3n) is 2.69. The lowest BCUT2D eigenvalue weighted by molar-refractivity contribution is 0.167. The molecule has 0 aliphatic rings. The van der Waals surface area contributed by atoms with Crippen molar-refractivity contribution in [2.75, 3.05) is 11.5 Å². The first kappa shape index (κ1) is 15.8. The van der Waals surface area contributed by atoms with E-state index in [0.29, 0.717) is 28.5 Å². The molecule has 0 heterocycles. The first-order valence-corrected chi connectivity index (χ1v) is 8.27. The minimum atomic E-state index is -2.99. The molecule has 6 heteroatoms. The molecule has 1 aromatic rings. The molecule has 1 unspecified atom stereocenters. The van der Waals surface area contributed by atoms with E-state index in [1.165, 1.54) is 0 Å². The molecule has 3 nitrogen and oxygen atoms in total. The number of hydrogen-bond donors (Lipinski definition) is 1.